The number of benzene rings is 1. The first-order valence-corrected chi connectivity index (χ1v) is 9.56. The quantitative estimate of drug-likeness (QED) is 0.734. The Labute approximate surface area is 160 Å². The number of hydrogen-bond acceptors (Lipinski definition) is 4. The zero-order valence-corrected chi connectivity index (χ0v) is 16.2. The Hall–Kier alpha value is -2.38. The van der Waals surface area contributed by atoms with Crippen molar-refractivity contribution in [2.75, 3.05) is 38.2 Å². The van der Waals surface area contributed by atoms with E-state index in [-0.39, 0.29) is 6.03 Å². The molecule has 3 rings (SSSR count). The highest BCUT2D eigenvalue weighted by molar-refractivity contribution is 5.90. The molecule has 0 atom stereocenters. The lowest BCUT2D eigenvalue weighted by Crippen LogP contribution is -2.36. The Bertz CT molecular complexity index is 753. The molecule has 1 aliphatic heterocycles. The van der Waals surface area contributed by atoms with Crippen LogP contribution in [0.5, 0.6) is 0 Å². The predicted molar refractivity (Wildman–Crippen MR) is 106 cm³/mol. The molecule has 1 aromatic heterocycles. The Kier molecular flexibility index (Phi) is 6.84. The van der Waals surface area contributed by atoms with Crippen molar-refractivity contribution < 1.29 is 9.53 Å². The van der Waals surface area contributed by atoms with Crippen molar-refractivity contribution in [1.29, 1.82) is 0 Å². The van der Waals surface area contributed by atoms with E-state index in [2.05, 4.69) is 32.8 Å². The number of nitrogens with zero attached hydrogens (tertiary/aromatic N) is 3. The molecule has 0 radical (unpaired) electrons. The number of carbonyl (C=O) groups excluding carboxylic acids is 1. The second kappa shape index (κ2) is 9.53. The zero-order chi connectivity index (χ0) is 19.1. The maximum absolute atomic E-state index is 12.3. The lowest BCUT2D eigenvalue weighted by atomic mass is 10.1. The number of amides is 2. The highest BCUT2D eigenvalue weighted by Gasteiger charge is 2.13. The van der Waals surface area contributed by atoms with Gasteiger partial charge in [-0.25, -0.2) is 4.79 Å². The topological polar surface area (TPSA) is 71.4 Å². The molecule has 1 saturated heterocycles. The molecule has 2 heterocycles. The van der Waals surface area contributed by atoms with E-state index < -0.39 is 0 Å². The molecule has 1 fully saturated rings. The van der Waals surface area contributed by atoms with Crippen LogP contribution in [0.1, 0.15) is 23.4 Å². The molecule has 146 valence electrons. The maximum atomic E-state index is 12.3. The number of urea groups is 1. The summed E-state index contributed by atoms with van der Waals surface area (Å²) in [6.45, 7) is 9.65. The Morgan fingerprint density at radius 3 is 2.74 bits per heavy atom. The average molecular weight is 371 g/mol. The van der Waals surface area contributed by atoms with Crippen molar-refractivity contribution in [2.24, 2.45) is 0 Å². The van der Waals surface area contributed by atoms with Crippen molar-refractivity contribution in [3.63, 3.8) is 0 Å². The number of morpholine rings is 1. The number of nitrogens with one attached hydrogen (secondary N) is 2. The summed E-state index contributed by atoms with van der Waals surface area (Å²) < 4.78 is 7.38. The SMILES string of the molecule is Cc1cc(C)n(CCCNC(=O)Nc2ccccc2CN2CCOCC2)n1. The molecule has 1 aromatic carbocycles. The van der Waals surface area contributed by atoms with Gasteiger partial charge < -0.3 is 15.4 Å². The van der Waals surface area contributed by atoms with E-state index in [1.165, 1.54) is 0 Å². The predicted octanol–water partition coefficient (Wildman–Crippen LogP) is 2.54. The second-order valence-electron chi connectivity index (χ2n) is 6.93. The molecule has 7 nitrogen and oxygen atoms in total. The fourth-order valence-electron chi connectivity index (χ4n) is 3.28. The van der Waals surface area contributed by atoms with Crippen LogP contribution >= 0.6 is 0 Å². The first kappa shape index (κ1) is 19.4. The van der Waals surface area contributed by atoms with E-state index in [0.29, 0.717) is 6.54 Å². The molecular formula is C20H29N5O2. The van der Waals surface area contributed by atoms with Crippen LogP contribution in [0.15, 0.2) is 30.3 Å². The minimum atomic E-state index is -0.169. The van der Waals surface area contributed by atoms with Gasteiger partial charge in [0.2, 0.25) is 0 Å². The van der Waals surface area contributed by atoms with Gasteiger partial charge >= 0.3 is 6.03 Å². The molecule has 0 saturated carbocycles. The summed E-state index contributed by atoms with van der Waals surface area (Å²) in [7, 11) is 0. The normalized spacial score (nSPS) is 14.9. The van der Waals surface area contributed by atoms with Crippen LogP contribution in [0.25, 0.3) is 0 Å². The molecule has 27 heavy (non-hydrogen) atoms. The number of para-hydroxylation sites is 1. The molecule has 2 N–H and O–H groups in total. The van der Waals surface area contributed by atoms with Crippen molar-refractivity contribution in [2.45, 2.75) is 33.4 Å². The van der Waals surface area contributed by atoms with Crippen LogP contribution in [0.4, 0.5) is 10.5 Å². The highest BCUT2D eigenvalue weighted by atomic mass is 16.5. The van der Waals surface area contributed by atoms with Gasteiger partial charge in [-0.2, -0.15) is 5.10 Å². The average Bonchev–Trinajstić information content (AvgIpc) is 2.98. The number of anilines is 1. The van der Waals surface area contributed by atoms with Gasteiger partial charge in [0.15, 0.2) is 0 Å². The first-order chi connectivity index (χ1) is 13.1. The molecule has 0 bridgehead atoms. The number of ether oxygens (including phenoxy) is 1. The fraction of sp³-hybridized carbons (Fsp3) is 0.500. The molecule has 0 aliphatic carbocycles. The minimum absolute atomic E-state index is 0.169. The van der Waals surface area contributed by atoms with Gasteiger partial charge in [-0.1, -0.05) is 18.2 Å². The lowest BCUT2D eigenvalue weighted by Gasteiger charge is -2.27. The molecular weight excluding hydrogens is 342 g/mol. The van der Waals surface area contributed by atoms with E-state index in [1.807, 2.05) is 36.7 Å². The zero-order valence-electron chi connectivity index (χ0n) is 16.2. The fourth-order valence-corrected chi connectivity index (χ4v) is 3.28. The van der Waals surface area contributed by atoms with Gasteiger partial charge in [0, 0.05) is 44.1 Å². The Balaban J connectivity index is 1.45. The van der Waals surface area contributed by atoms with E-state index >= 15 is 0 Å². The number of aromatic nitrogens is 2. The van der Waals surface area contributed by atoms with Crippen LogP contribution in [0, 0.1) is 13.8 Å². The molecule has 7 heteroatoms. The largest absolute Gasteiger partial charge is 0.379 e. The van der Waals surface area contributed by atoms with Crippen LogP contribution in [-0.2, 0) is 17.8 Å². The van der Waals surface area contributed by atoms with Crippen LogP contribution in [-0.4, -0.2) is 53.6 Å². The van der Waals surface area contributed by atoms with Gasteiger partial charge in [-0.3, -0.25) is 9.58 Å². The molecule has 2 aromatic rings. The van der Waals surface area contributed by atoms with E-state index in [4.69, 9.17) is 4.74 Å². The van der Waals surface area contributed by atoms with Gasteiger partial charge in [0.05, 0.1) is 18.9 Å². The maximum Gasteiger partial charge on any atom is 0.319 e. The van der Waals surface area contributed by atoms with Crippen molar-refractivity contribution in [3.05, 3.63) is 47.3 Å². The number of aryl methyl sites for hydroxylation is 3. The first-order valence-electron chi connectivity index (χ1n) is 9.56. The second-order valence-corrected chi connectivity index (χ2v) is 6.93. The summed E-state index contributed by atoms with van der Waals surface area (Å²) >= 11 is 0. The summed E-state index contributed by atoms with van der Waals surface area (Å²) in [6, 6.07) is 9.86. The van der Waals surface area contributed by atoms with Crippen molar-refractivity contribution in [3.8, 4) is 0 Å². The van der Waals surface area contributed by atoms with Crippen LogP contribution < -0.4 is 10.6 Å². The number of rotatable bonds is 7. The third-order valence-corrected chi connectivity index (χ3v) is 4.70. The molecule has 2 amide bonds. The van der Waals surface area contributed by atoms with E-state index in [9.17, 15) is 4.79 Å². The third-order valence-electron chi connectivity index (χ3n) is 4.70. The molecule has 0 spiro atoms. The van der Waals surface area contributed by atoms with E-state index in [1.54, 1.807) is 0 Å². The lowest BCUT2D eigenvalue weighted by molar-refractivity contribution is 0.0343. The summed E-state index contributed by atoms with van der Waals surface area (Å²) in [5.74, 6) is 0. The molecule has 1 aliphatic rings. The molecule has 0 unspecified atom stereocenters. The third kappa shape index (κ3) is 5.80. The van der Waals surface area contributed by atoms with Crippen LogP contribution in [0.2, 0.25) is 0 Å². The summed E-state index contributed by atoms with van der Waals surface area (Å²) in [4.78, 5) is 14.6. The monoisotopic (exact) mass is 371 g/mol. The van der Waals surface area contributed by atoms with Crippen molar-refractivity contribution >= 4 is 11.7 Å². The highest BCUT2D eigenvalue weighted by Crippen LogP contribution is 2.17. The Morgan fingerprint density at radius 2 is 2.00 bits per heavy atom. The summed E-state index contributed by atoms with van der Waals surface area (Å²) in [6.07, 6.45) is 0.838. The minimum Gasteiger partial charge on any atom is -0.379 e. The Morgan fingerprint density at radius 1 is 1.22 bits per heavy atom. The van der Waals surface area contributed by atoms with Crippen molar-refractivity contribution in [1.82, 2.24) is 20.0 Å². The van der Waals surface area contributed by atoms with Gasteiger partial charge in [0.25, 0.3) is 0 Å². The van der Waals surface area contributed by atoms with Gasteiger partial charge in [-0.15, -0.1) is 0 Å². The van der Waals surface area contributed by atoms with E-state index in [0.717, 1.165) is 68.5 Å². The number of hydrogen-bond donors (Lipinski definition) is 2. The summed E-state index contributed by atoms with van der Waals surface area (Å²) in [5.41, 5.74) is 4.15. The number of carbonyl (C=O) groups is 1. The van der Waals surface area contributed by atoms with Gasteiger partial charge in [-0.05, 0) is 38.0 Å². The van der Waals surface area contributed by atoms with Gasteiger partial charge in [0.1, 0.15) is 0 Å². The standard InChI is InChI=1S/C20H29N5O2/c1-16-14-17(2)25(23-16)9-5-8-21-20(26)22-19-7-4-3-6-18(19)15-24-10-12-27-13-11-24/h3-4,6-7,14H,5,8-13,15H2,1-2H3,(H2,21,22,26). The van der Waals surface area contributed by atoms with Crippen LogP contribution in [0.3, 0.4) is 0 Å². The smallest absolute Gasteiger partial charge is 0.319 e. The summed E-state index contributed by atoms with van der Waals surface area (Å²) in [5, 5.41) is 10.4.